The van der Waals surface area contributed by atoms with Crippen molar-refractivity contribution in [2.24, 2.45) is 0 Å². The van der Waals surface area contributed by atoms with Gasteiger partial charge in [-0.25, -0.2) is 9.88 Å². The van der Waals surface area contributed by atoms with Crippen LogP contribution < -0.4 is 4.90 Å². The summed E-state index contributed by atoms with van der Waals surface area (Å²) in [6.45, 7) is -0.271. The van der Waals surface area contributed by atoms with Crippen LogP contribution in [-0.2, 0) is 6.54 Å². The number of amides is 4. The number of ketones is 2. The van der Waals surface area contributed by atoms with Crippen LogP contribution in [0.4, 0.5) is 5.69 Å². The molecule has 17 heteroatoms. The van der Waals surface area contributed by atoms with Crippen molar-refractivity contribution in [1.82, 2.24) is 9.88 Å². The van der Waals surface area contributed by atoms with Gasteiger partial charge in [-0.3, -0.25) is 33.7 Å². The Kier molecular flexibility index (Phi) is 8.41. The third-order valence-corrected chi connectivity index (χ3v) is 12.6. The highest BCUT2D eigenvalue weighted by atomic mass is 35.5. The number of carbonyl (C=O) groups is 6. The highest BCUT2D eigenvalue weighted by Crippen LogP contribution is 2.49. The minimum absolute atomic E-state index is 0.0348. The summed E-state index contributed by atoms with van der Waals surface area (Å²) in [5, 5.41) is -1.81. The molecule has 5 aromatic rings. The maximum atomic E-state index is 14.1. The SMILES string of the molecule is O=C1c2c(Cl)c(Cl)c(Cl)c(Cl)c2C(=O)C1c1ccc2cc(CN3C(=O)c4ccccc4C3=O)cc(N3C(=O)c4c(Cl)c(Cl)c(Cl)c(Cl)c4C3=O)c2n1. The highest BCUT2D eigenvalue weighted by Gasteiger charge is 2.47. The number of fused-ring (bicyclic) bond motifs is 4. The van der Waals surface area contributed by atoms with Gasteiger partial charge in [0.15, 0.2) is 11.6 Å². The molecule has 2 aliphatic heterocycles. The van der Waals surface area contributed by atoms with Gasteiger partial charge in [-0.15, -0.1) is 0 Å². The fourth-order valence-electron chi connectivity index (χ4n) is 6.62. The maximum Gasteiger partial charge on any atom is 0.267 e. The number of carbonyl (C=O) groups excluding carboxylic acids is 6. The van der Waals surface area contributed by atoms with Gasteiger partial charge in [-0.05, 0) is 35.9 Å². The Labute approximate surface area is 331 Å². The lowest BCUT2D eigenvalue weighted by molar-refractivity contribution is 0.0640. The molecule has 0 spiro atoms. The minimum atomic E-state index is -1.56. The average molecular weight is 853 g/mol. The molecule has 0 bridgehead atoms. The number of benzene rings is 4. The van der Waals surface area contributed by atoms with E-state index in [1.165, 1.54) is 30.3 Å². The van der Waals surface area contributed by atoms with Crippen LogP contribution in [0.15, 0.2) is 48.5 Å². The molecule has 9 nitrogen and oxygen atoms in total. The van der Waals surface area contributed by atoms with Crippen molar-refractivity contribution in [3.05, 3.63) is 133 Å². The summed E-state index contributed by atoms with van der Waals surface area (Å²) in [4.78, 5) is 88.6. The van der Waals surface area contributed by atoms with E-state index in [-0.39, 0.29) is 102 Å². The number of hydrogen-bond acceptors (Lipinski definition) is 7. The molecule has 3 heterocycles. The first-order valence-electron chi connectivity index (χ1n) is 14.7. The first-order chi connectivity index (χ1) is 24.6. The van der Waals surface area contributed by atoms with Crippen molar-refractivity contribution < 1.29 is 28.8 Å². The number of hydrogen-bond donors (Lipinski definition) is 0. The zero-order chi connectivity index (χ0) is 37.2. The lowest BCUT2D eigenvalue weighted by Crippen LogP contribution is -2.31. The summed E-state index contributed by atoms with van der Waals surface area (Å²) < 4.78 is 0. The van der Waals surface area contributed by atoms with Crippen LogP contribution in [0.2, 0.25) is 40.2 Å². The van der Waals surface area contributed by atoms with E-state index in [1.54, 1.807) is 18.2 Å². The molecule has 52 heavy (non-hydrogen) atoms. The molecule has 0 saturated heterocycles. The Hall–Kier alpha value is -3.77. The van der Waals surface area contributed by atoms with E-state index in [4.69, 9.17) is 92.8 Å². The molecule has 0 N–H and O–H groups in total. The quantitative estimate of drug-likeness (QED) is 0.0764. The van der Waals surface area contributed by atoms with Gasteiger partial charge in [0.1, 0.15) is 5.92 Å². The number of rotatable bonds is 4. The Morgan fingerprint density at radius 2 is 1.00 bits per heavy atom. The van der Waals surface area contributed by atoms with Gasteiger partial charge in [0, 0.05) is 5.39 Å². The van der Waals surface area contributed by atoms with E-state index in [2.05, 4.69) is 4.98 Å². The van der Waals surface area contributed by atoms with Crippen LogP contribution in [0.5, 0.6) is 0 Å². The van der Waals surface area contributed by atoms with E-state index >= 15 is 0 Å². The fourth-order valence-corrected chi connectivity index (χ4v) is 8.67. The molecule has 1 aromatic heterocycles. The van der Waals surface area contributed by atoms with Crippen molar-refractivity contribution in [2.45, 2.75) is 12.5 Å². The van der Waals surface area contributed by atoms with Gasteiger partial charge in [0.05, 0.1) is 97.0 Å². The molecule has 4 aromatic carbocycles. The molecule has 3 aliphatic rings. The van der Waals surface area contributed by atoms with E-state index in [0.29, 0.717) is 5.56 Å². The monoisotopic (exact) mass is 849 g/mol. The number of imide groups is 2. The van der Waals surface area contributed by atoms with Crippen LogP contribution in [0, 0.1) is 0 Å². The Morgan fingerprint density at radius 3 is 1.48 bits per heavy atom. The zero-order valence-electron chi connectivity index (χ0n) is 25.2. The average Bonchev–Trinajstić information content (AvgIpc) is 3.65. The topological polar surface area (TPSA) is 122 Å². The largest absolute Gasteiger partial charge is 0.293 e. The normalized spacial score (nSPS) is 15.5. The molecule has 0 fully saturated rings. The van der Waals surface area contributed by atoms with Crippen LogP contribution >= 0.6 is 92.8 Å². The van der Waals surface area contributed by atoms with Crippen LogP contribution in [0.3, 0.4) is 0 Å². The number of pyridine rings is 1. The van der Waals surface area contributed by atoms with Gasteiger partial charge in [0.2, 0.25) is 0 Å². The standard InChI is InChI=1S/C35H11Cl8N3O6/c36-21-17-18(22(37)26(41)25(21)40)31(48)16(30(17)47)14-6-5-11-7-10(9-45-32(49)12-3-1-2-4-13(12)33(45)50)8-15(29(11)44-14)46-34(51)19-20(35(46)52)24(39)28(43)27(42)23(19)38/h1-8,16H,9H2. The number of Topliss-reactive ketones (excluding diaryl/α,β-unsaturated/α-hetero) is 2. The van der Waals surface area contributed by atoms with Crippen molar-refractivity contribution in [3.8, 4) is 0 Å². The Balaban J connectivity index is 1.31. The van der Waals surface area contributed by atoms with E-state index in [1.807, 2.05) is 0 Å². The Bertz CT molecular complexity index is 2520. The van der Waals surface area contributed by atoms with Gasteiger partial charge in [0.25, 0.3) is 23.6 Å². The van der Waals surface area contributed by atoms with Crippen molar-refractivity contribution in [1.29, 1.82) is 0 Å². The first-order valence-corrected chi connectivity index (χ1v) is 17.8. The third kappa shape index (κ3) is 4.81. The van der Waals surface area contributed by atoms with Crippen molar-refractivity contribution in [2.75, 3.05) is 4.90 Å². The van der Waals surface area contributed by atoms with Gasteiger partial charge >= 0.3 is 0 Å². The van der Waals surface area contributed by atoms with Gasteiger partial charge in [-0.2, -0.15) is 0 Å². The second-order valence-electron chi connectivity index (χ2n) is 11.8. The third-order valence-electron chi connectivity index (χ3n) is 8.99. The first kappa shape index (κ1) is 35.3. The van der Waals surface area contributed by atoms with E-state index in [9.17, 15) is 28.8 Å². The van der Waals surface area contributed by atoms with Crippen LogP contribution in [0.25, 0.3) is 10.9 Å². The highest BCUT2D eigenvalue weighted by molar-refractivity contribution is 6.57. The Morgan fingerprint density at radius 1 is 0.538 bits per heavy atom. The zero-order valence-corrected chi connectivity index (χ0v) is 31.3. The molecule has 4 amide bonds. The summed E-state index contributed by atoms with van der Waals surface area (Å²) in [5.41, 5.74) is -0.652. The van der Waals surface area contributed by atoms with Crippen LogP contribution in [-0.4, -0.2) is 45.1 Å². The second-order valence-corrected chi connectivity index (χ2v) is 14.8. The molecule has 0 unspecified atom stereocenters. The summed E-state index contributed by atoms with van der Waals surface area (Å²) in [6, 6.07) is 12.2. The maximum absolute atomic E-state index is 14.1. The lowest BCUT2D eigenvalue weighted by Gasteiger charge is -2.20. The number of aromatic nitrogens is 1. The molecule has 0 radical (unpaired) electrons. The molecular formula is C35H11Cl8N3O6. The van der Waals surface area contributed by atoms with Crippen molar-refractivity contribution >= 4 is 145 Å². The smallest absolute Gasteiger partial charge is 0.267 e. The fraction of sp³-hybridized carbons (Fsp3) is 0.0571. The predicted octanol–water partition coefficient (Wildman–Crippen LogP) is 10.2. The minimum Gasteiger partial charge on any atom is -0.293 e. The molecular weight excluding hydrogens is 842 g/mol. The van der Waals surface area contributed by atoms with Gasteiger partial charge < -0.3 is 0 Å². The van der Waals surface area contributed by atoms with E-state index in [0.717, 1.165) is 9.80 Å². The molecule has 1 aliphatic carbocycles. The number of anilines is 1. The molecule has 258 valence electrons. The predicted molar refractivity (Wildman–Crippen MR) is 198 cm³/mol. The summed E-state index contributed by atoms with van der Waals surface area (Å²) in [5.74, 6) is -6.06. The summed E-state index contributed by atoms with van der Waals surface area (Å²) in [6.07, 6.45) is 0. The summed E-state index contributed by atoms with van der Waals surface area (Å²) >= 11 is 50.4. The molecule has 8 rings (SSSR count). The van der Waals surface area contributed by atoms with Gasteiger partial charge in [-0.1, -0.05) is 111 Å². The van der Waals surface area contributed by atoms with Crippen molar-refractivity contribution in [3.63, 3.8) is 0 Å². The molecule has 0 atom stereocenters. The second kappa shape index (κ2) is 12.4. The summed E-state index contributed by atoms with van der Waals surface area (Å²) in [7, 11) is 0. The molecule has 0 saturated carbocycles. The number of halogens is 8. The lowest BCUT2D eigenvalue weighted by atomic mass is 9.97. The number of nitrogens with zero attached hydrogens (tertiary/aromatic N) is 3. The van der Waals surface area contributed by atoms with E-state index < -0.39 is 41.1 Å². The van der Waals surface area contributed by atoms with Crippen LogP contribution in [0.1, 0.15) is 79.3 Å².